The van der Waals surface area contributed by atoms with Crippen molar-refractivity contribution < 1.29 is 23.5 Å². The number of hydrogen-bond donors (Lipinski definition) is 2. The smallest absolute Gasteiger partial charge is 0.281 e. The molecule has 6 nitrogen and oxygen atoms in total. The van der Waals surface area contributed by atoms with Crippen LogP contribution in [0.15, 0.2) is 48.5 Å². The predicted octanol–water partition coefficient (Wildman–Crippen LogP) is 3.25. The number of ether oxygens (including phenoxy) is 2. The van der Waals surface area contributed by atoms with Crippen LogP contribution in [0.25, 0.3) is 0 Å². The highest BCUT2D eigenvalue weighted by Crippen LogP contribution is 2.21. The molecule has 0 aliphatic rings. The first-order valence-corrected chi connectivity index (χ1v) is 8.52. The van der Waals surface area contributed by atoms with Crippen molar-refractivity contribution >= 4 is 23.4 Å². The molecule has 27 heavy (non-hydrogen) atoms. The van der Waals surface area contributed by atoms with E-state index in [1.54, 1.807) is 38.1 Å². The monoisotopic (exact) mass is 394 g/mol. The lowest BCUT2D eigenvalue weighted by Gasteiger charge is -2.25. The number of benzene rings is 2. The zero-order valence-corrected chi connectivity index (χ0v) is 15.8. The number of hydrazine groups is 1. The van der Waals surface area contributed by atoms with Gasteiger partial charge in [-0.3, -0.25) is 20.4 Å². The van der Waals surface area contributed by atoms with Gasteiger partial charge in [0.2, 0.25) is 0 Å². The molecule has 0 spiro atoms. The molecule has 2 N–H and O–H groups in total. The van der Waals surface area contributed by atoms with Gasteiger partial charge in [0.1, 0.15) is 17.3 Å². The Hall–Kier alpha value is -2.80. The molecule has 2 amide bonds. The SMILES string of the molecule is CC(Oc1ccc(F)cc1)C(=O)NNC(=O)C(C)(C)Oc1ccc(Cl)cc1. The molecule has 0 bridgehead atoms. The van der Waals surface area contributed by atoms with E-state index in [2.05, 4.69) is 10.9 Å². The van der Waals surface area contributed by atoms with Crippen molar-refractivity contribution in [1.82, 2.24) is 10.9 Å². The van der Waals surface area contributed by atoms with E-state index >= 15 is 0 Å². The Labute approximate surface area is 161 Å². The Morgan fingerprint density at radius 3 is 2.15 bits per heavy atom. The largest absolute Gasteiger partial charge is 0.481 e. The Morgan fingerprint density at radius 1 is 1.00 bits per heavy atom. The Kier molecular flexibility index (Phi) is 6.63. The van der Waals surface area contributed by atoms with Gasteiger partial charge in [0.25, 0.3) is 11.8 Å². The summed E-state index contributed by atoms with van der Waals surface area (Å²) in [6.45, 7) is 4.61. The molecule has 0 aliphatic carbocycles. The molecule has 0 saturated heterocycles. The molecule has 8 heteroatoms. The van der Waals surface area contributed by atoms with Crippen LogP contribution in [0.5, 0.6) is 11.5 Å². The quantitative estimate of drug-likeness (QED) is 0.737. The van der Waals surface area contributed by atoms with Crippen LogP contribution < -0.4 is 20.3 Å². The zero-order valence-electron chi connectivity index (χ0n) is 15.1. The van der Waals surface area contributed by atoms with Gasteiger partial charge in [-0.05, 0) is 69.3 Å². The van der Waals surface area contributed by atoms with E-state index in [0.29, 0.717) is 16.5 Å². The van der Waals surface area contributed by atoms with Gasteiger partial charge in [-0.15, -0.1) is 0 Å². The van der Waals surface area contributed by atoms with Crippen LogP contribution in [-0.4, -0.2) is 23.5 Å². The molecule has 0 aromatic heterocycles. The van der Waals surface area contributed by atoms with Crippen molar-refractivity contribution in [2.45, 2.75) is 32.5 Å². The average molecular weight is 395 g/mol. The summed E-state index contributed by atoms with van der Waals surface area (Å²) in [5, 5.41) is 0.548. The molecule has 2 rings (SSSR count). The number of carbonyl (C=O) groups excluding carboxylic acids is 2. The third-order valence-electron chi connectivity index (χ3n) is 3.53. The van der Waals surface area contributed by atoms with Gasteiger partial charge in [-0.25, -0.2) is 4.39 Å². The molecular formula is C19H20ClFN2O4. The summed E-state index contributed by atoms with van der Waals surface area (Å²) >= 11 is 5.81. The molecule has 144 valence electrons. The molecule has 0 heterocycles. The highest BCUT2D eigenvalue weighted by molar-refractivity contribution is 6.30. The second-order valence-corrected chi connectivity index (χ2v) is 6.66. The zero-order chi connectivity index (χ0) is 20.0. The molecule has 0 saturated carbocycles. The number of carbonyl (C=O) groups is 2. The Balaban J connectivity index is 1.86. The fourth-order valence-corrected chi connectivity index (χ4v) is 2.11. The van der Waals surface area contributed by atoms with Crippen LogP contribution in [0.4, 0.5) is 4.39 Å². The van der Waals surface area contributed by atoms with Crippen molar-refractivity contribution in [3.8, 4) is 11.5 Å². The highest BCUT2D eigenvalue weighted by atomic mass is 35.5. The maximum Gasteiger partial charge on any atom is 0.281 e. The van der Waals surface area contributed by atoms with E-state index in [9.17, 15) is 14.0 Å². The Morgan fingerprint density at radius 2 is 1.56 bits per heavy atom. The lowest BCUT2D eigenvalue weighted by molar-refractivity contribution is -0.139. The van der Waals surface area contributed by atoms with Gasteiger partial charge >= 0.3 is 0 Å². The average Bonchev–Trinajstić information content (AvgIpc) is 2.63. The van der Waals surface area contributed by atoms with Gasteiger partial charge in [0.15, 0.2) is 11.7 Å². The van der Waals surface area contributed by atoms with Crippen LogP contribution in [-0.2, 0) is 9.59 Å². The van der Waals surface area contributed by atoms with Gasteiger partial charge < -0.3 is 9.47 Å². The number of rotatable bonds is 6. The van der Waals surface area contributed by atoms with Gasteiger partial charge in [0.05, 0.1) is 0 Å². The van der Waals surface area contributed by atoms with Crippen LogP contribution in [0.1, 0.15) is 20.8 Å². The fourth-order valence-electron chi connectivity index (χ4n) is 1.98. The number of nitrogens with one attached hydrogen (secondary N) is 2. The minimum Gasteiger partial charge on any atom is -0.481 e. The molecule has 0 fully saturated rings. The van der Waals surface area contributed by atoms with E-state index in [0.717, 1.165) is 0 Å². The summed E-state index contributed by atoms with van der Waals surface area (Å²) in [6, 6.07) is 11.8. The van der Waals surface area contributed by atoms with E-state index < -0.39 is 29.3 Å². The van der Waals surface area contributed by atoms with Crippen LogP contribution >= 0.6 is 11.6 Å². The summed E-state index contributed by atoms with van der Waals surface area (Å²) in [5.74, 6) is -0.750. The van der Waals surface area contributed by atoms with Crippen LogP contribution in [0.3, 0.4) is 0 Å². The third kappa shape index (κ3) is 6.14. The molecule has 0 aliphatic heterocycles. The van der Waals surface area contributed by atoms with E-state index in [4.69, 9.17) is 21.1 Å². The Bertz CT molecular complexity index is 794. The highest BCUT2D eigenvalue weighted by Gasteiger charge is 2.30. The minimum absolute atomic E-state index is 0.330. The predicted molar refractivity (Wildman–Crippen MR) is 98.9 cm³/mol. The van der Waals surface area contributed by atoms with E-state index in [1.165, 1.54) is 31.2 Å². The first-order chi connectivity index (χ1) is 12.7. The molecule has 2 aromatic carbocycles. The molecular weight excluding hydrogens is 375 g/mol. The second kappa shape index (κ2) is 8.73. The maximum atomic E-state index is 12.9. The summed E-state index contributed by atoms with van der Waals surface area (Å²) in [4.78, 5) is 24.4. The summed E-state index contributed by atoms with van der Waals surface area (Å²) in [5.41, 5.74) is 3.33. The van der Waals surface area contributed by atoms with Gasteiger partial charge in [-0.2, -0.15) is 0 Å². The molecule has 2 aromatic rings. The second-order valence-electron chi connectivity index (χ2n) is 6.22. The molecule has 0 radical (unpaired) electrons. The first kappa shape index (κ1) is 20.5. The van der Waals surface area contributed by atoms with Crippen molar-refractivity contribution in [3.05, 3.63) is 59.4 Å². The van der Waals surface area contributed by atoms with E-state index in [-0.39, 0.29) is 0 Å². The van der Waals surface area contributed by atoms with Crippen molar-refractivity contribution in [3.63, 3.8) is 0 Å². The normalized spacial score (nSPS) is 12.0. The van der Waals surface area contributed by atoms with Crippen molar-refractivity contribution in [2.24, 2.45) is 0 Å². The summed E-state index contributed by atoms with van der Waals surface area (Å²) in [7, 11) is 0. The third-order valence-corrected chi connectivity index (χ3v) is 3.78. The number of amides is 2. The van der Waals surface area contributed by atoms with Crippen LogP contribution in [0, 0.1) is 5.82 Å². The lowest BCUT2D eigenvalue weighted by atomic mass is 10.1. The topological polar surface area (TPSA) is 76.7 Å². The summed E-state index contributed by atoms with van der Waals surface area (Å²) < 4.78 is 23.9. The van der Waals surface area contributed by atoms with Gasteiger partial charge in [-0.1, -0.05) is 11.6 Å². The maximum absolute atomic E-state index is 12.9. The summed E-state index contributed by atoms with van der Waals surface area (Å²) in [6.07, 6.45) is -0.906. The fraction of sp³-hybridized carbons (Fsp3) is 0.263. The number of hydrogen-bond acceptors (Lipinski definition) is 4. The molecule has 1 atom stereocenters. The lowest BCUT2D eigenvalue weighted by Crippen LogP contribution is -2.55. The first-order valence-electron chi connectivity index (χ1n) is 8.14. The molecule has 1 unspecified atom stereocenters. The minimum atomic E-state index is -1.25. The van der Waals surface area contributed by atoms with Gasteiger partial charge in [0, 0.05) is 5.02 Å². The van der Waals surface area contributed by atoms with Crippen molar-refractivity contribution in [2.75, 3.05) is 0 Å². The van der Waals surface area contributed by atoms with Crippen molar-refractivity contribution in [1.29, 1.82) is 0 Å². The van der Waals surface area contributed by atoms with E-state index in [1.807, 2.05) is 0 Å². The van der Waals surface area contributed by atoms with Crippen LogP contribution in [0.2, 0.25) is 5.02 Å². The standard InChI is InChI=1S/C19H20ClFN2O4/c1-12(26-15-10-6-14(21)7-11-15)17(24)22-23-18(25)19(2,3)27-16-8-4-13(20)5-9-16/h4-12H,1-3H3,(H,22,24)(H,23,25). The number of halogens is 2.